The summed E-state index contributed by atoms with van der Waals surface area (Å²) in [6, 6.07) is 0. The first-order valence-corrected chi connectivity index (χ1v) is 7.34. The summed E-state index contributed by atoms with van der Waals surface area (Å²) in [6.45, 7) is 0.818. The molecule has 1 saturated carbocycles. The molecule has 0 aromatic carbocycles. The Labute approximate surface area is 113 Å². The lowest BCUT2D eigenvalue weighted by atomic mass is 9.67. The van der Waals surface area contributed by atoms with Crippen LogP contribution in [0.4, 0.5) is 0 Å². The van der Waals surface area contributed by atoms with Gasteiger partial charge in [-0.05, 0) is 18.8 Å². The zero-order chi connectivity index (χ0) is 13.0. The van der Waals surface area contributed by atoms with Crippen molar-refractivity contribution in [3.05, 3.63) is 17.8 Å². The van der Waals surface area contributed by atoms with Gasteiger partial charge in [0, 0.05) is 20.1 Å². The molecule has 0 bridgehead atoms. The third-order valence-electron chi connectivity index (χ3n) is 5.36. The van der Waals surface area contributed by atoms with Crippen LogP contribution in [0.2, 0.25) is 0 Å². The predicted octanol–water partition coefficient (Wildman–Crippen LogP) is 2.01. The molecule has 4 aliphatic rings. The highest BCUT2D eigenvalue weighted by Gasteiger charge is 2.64. The summed E-state index contributed by atoms with van der Waals surface area (Å²) in [5, 5.41) is 0. The number of nitrogens with zero attached hydrogens (tertiary/aromatic N) is 1. The molecular weight excluding hydrogens is 242 g/mol. The van der Waals surface area contributed by atoms with Crippen molar-refractivity contribution in [3.63, 3.8) is 0 Å². The van der Waals surface area contributed by atoms with E-state index in [1.807, 2.05) is 0 Å². The lowest BCUT2D eigenvalue weighted by Gasteiger charge is -2.44. The summed E-state index contributed by atoms with van der Waals surface area (Å²) < 4.78 is 11.2. The van der Waals surface area contributed by atoms with Gasteiger partial charge in [-0.3, -0.25) is 4.79 Å². The fourth-order valence-electron chi connectivity index (χ4n) is 4.60. The number of carbonyl (C=O) groups excluding carboxylic acids is 1. The van der Waals surface area contributed by atoms with Gasteiger partial charge in [0.15, 0.2) is 5.57 Å². The van der Waals surface area contributed by atoms with Crippen LogP contribution in [0.5, 0.6) is 0 Å². The van der Waals surface area contributed by atoms with Gasteiger partial charge in [-0.25, -0.2) is 0 Å². The fourth-order valence-corrected chi connectivity index (χ4v) is 4.60. The molecule has 0 N–H and O–H groups in total. The highest BCUT2D eigenvalue weighted by atomic mass is 16.7. The van der Waals surface area contributed by atoms with E-state index >= 15 is 0 Å². The Morgan fingerprint density at radius 1 is 1.47 bits per heavy atom. The first-order valence-electron chi connectivity index (χ1n) is 7.34. The number of hydrogen-bond acceptors (Lipinski definition) is 3. The lowest BCUT2D eigenvalue weighted by Crippen LogP contribution is -2.54. The van der Waals surface area contributed by atoms with Gasteiger partial charge in [0.2, 0.25) is 11.7 Å². The smallest absolute Gasteiger partial charge is 0.311 e. The van der Waals surface area contributed by atoms with Crippen molar-refractivity contribution >= 4 is 5.91 Å². The van der Waals surface area contributed by atoms with Crippen molar-refractivity contribution in [3.8, 4) is 0 Å². The number of amides is 1. The first kappa shape index (κ1) is 11.6. The van der Waals surface area contributed by atoms with Gasteiger partial charge in [-0.2, -0.15) is 0 Å². The second-order valence-corrected chi connectivity index (χ2v) is 6.09. The zero-order valence-corrected chi connectivity index (χ0v) is 11.4. The summed E-state index contributed by atoms with van der Waals surface area (Å²) in [7, 11) is 1.67. The molecule has 3 aliphatic heterocycles. The molecule has 3 atom stereocenters. The molecular formula is C15H20NO3+. The maximum atomic E-state index is 12.3. The molecule has 0 unspecified atom stereocenters. The fraction of sp³-hybridized carbons (Fsp3) is 0.733. The molecule has 1 spiro atoms. The summed E-state index contributed by atoms with van der Waals surface area (Å²) in [5.41, 5.74) is 1.21. The minimum Gasteiger partial charge on any atom is -0.356 e. The monoisotopic (exact) mass is 262 g/mol. The summed E-state index contributed by atoms with van der Waals surface area (Å²) in [5.74, 6) is 1.90. The van der Waals surface area contributed by atoms with Crippen molar-refractivity contribution in [2.45, 2.75) is 50.4 Å². The van der Waals surface area contributed by atoms with Crippen molar-refractivity contribution in [2.75, 3.05) is 13.7 Å². The first-order chi connectivity index (χ1) is 9.25. The molecule has 4 rings (SSSR count). The summed E-state index contributed by atoms with van der Waals surface area (Å²) >= 11 is 0. The van der Waals surface area contributed by atoms with Crippen molar-refractivity contribution in [1.29, 1.82) is 0 Å². The second kappa shape index (κ2) is 3.92. The molecule has 4 nitrogen and oxygen atoms in total. The van der Waals surface area contributed by atoms with Crippen LogP contribution >= 0.6 is 0 Å². The normalized spacial score (nSPS) is 40.5. The maximum absolute atomic E-state index is 12.3. The van der Waals surface area contributed by atoms with Gasteiger partial charge in [-0.1, -0.05) is 12.8 Å². The van der Waals surface area contributed by atoms with Gasteiger partial charge >= 0.3 is 6.29 Å². The number of hydrogen-bond donors (Lipinski definition) is 0. The highest BCUT2D eigenvalue weighted by Crippen LogP contribution is 2.55. The highest BCUT2D eigenvalue weighted by molar-refractivity contribution is 5.82. The van der Waals surface area contributed by atoms with Crippen LogP contribution in [0, 0.1) is 12.3 Å². The standard InChI is InChI=1S/C15H20NO3/c1-18-14-9-11-12(19-14)5-7-16-13(17)8-10-4-2-3-6-15(10,11)16/h9-10,14H,2-8H2,1H3/q+1/t10-,14-,15-/m0/s1. The third-order valence-corrected chi connectivity index (χ3v) is 5.36. The summed E-state index contributed by atoms with van der Waals surface area (Å²) in [6.07, 6.45) is 8.15. The van der Waals surface area contributed by atoms with E-state index in [9.17, 15) is 4.79 Å². The van der Waals surface area contributed by atoms with Gasteiger partial charge in [0.1, 0.15) is 12.0 Å². The average molecular weight is 262 g/mol. The van der Waals surface area contributed by atoms with Gasteiger partial charge in [0.05, 0.1) is 6.42 Å². The average Bonchev–Trinajstić information content (AvgIpc) is 2.96. The molecule has 1 saturated heterocycles. The van der Waals surface area contributed by atoms with Crippen LogP contribution in [0.3, 0.4) is 0 Å². The Balaban J connectivity index is 1.78. The Morgan fingerprint density at radius 2 is 2.37 bits per heavy atom. The SMILES string of the molecule is CO[C@@H]1[CH+]C2=C(CCN3C(=O)C[C@@H]4CCCC[C@@]243)O1. The molecule has 0 aromatic rings. The summed E-state index contributed by atoms with van der Waals surface area (Å²) in [4.78, 5) is 14.5. The van der Waals surface area contributed by atoms with Gasteiger partial charge in [0.25, 0.3) is 0 Å². The Bertz CT molecular complexity index is 458. The Kier molecular flexibility index (Phi) is 2.40. The molecule has 0 radical (unpaired) electrons. The molecule has 0 aromatic heterocycles. The molecule has 1 aliphatic carbocycles. The number of methoxy groups -OCH3 is 1. The predicted molar refractivity (Wildman–Crippen MR) is 68.8 cm³/mol. The third kappa shape index (κ3) is 1.38. The van der Waals surface area contributed by atoms with E-state index in [4.69, 9.17) is 9.47 Å². The van der Waals surface area contributed by atoms with Crippen molar-refractivity contribution < 1.29 is 14.3 Å². The molecule has 4 heteroatoms. The molecule has 3 heterocycles. The number of carbonyl (C=O) groups is 1. The van der Waals surface area contributed by atoms with E-state index in [2.05, 4.69) is 11.3 Å². The quantitative estimate of drug-likeness (QED) is 0.679. The van der Waals surface area contributed by atoms with E-state index < -0.39 is 0 Å². The molecule has 19 heavy (non-hydrogen) atoms. The van der Waals surface area contributed by atoms with E-state index in [-0.39, 0.29) is 11.8 Å². The Hall–Kier alpha value is -1.16. The van der Waals surface area contributed by atoms with Crippen molar-refractivity contribution in [1.82, 2.24) is 4.90 Å². The zero-order valence-electron chi connectivity index (χ0n) is 11.4. The van der Waals surface area contributed by atoms with Crippen LogP contribution < -0.4 is 0 Å². The lowest BCUT2D eigenvalue weighted by molar-refractivity contribution is -0.131. The van der Waals surface area contributed by atoms with Crippen LogP contribution in [0.15, 0.2) is 11.3 Å². The van der Waals surface area contributed by atoms with Crippen LogP contribution in [-0.4, -0.2) is 36.3 Å². The largest absolute Gasteiger partial charge is 0.356 e. The van der Waals surface area contributed by atoms with E-state index in [1.54, 1.807) is 7.11 Å². The van der Waals surface area contributed by atoms with E-state index in [1.165, 1.54) is 24.8 Å². The van der Waals surface area contributed by atoms with Crippen molar-refractivity contribution in [2.24, 2.45) is 5.92 Å². The number of ether oxygens (including phenoxy) is 2. The van der Waals surface area contributed by atoms with E-state index in [0.29, 0.717) is 11.8 Å². The Morgan fingerprint density at radius 3 is 3.21 bits per heavy atom. The molecule has 102 valence electrons. The molecule has 2 fully saturated rings. The topological polar surface area (TPSA) is 38.8 Å². The minimum atomic E-state index is -0.252. The minimum absolute atomic E-state index is 0.0593. The molecule has 1 amide bonds. The van der Waals surface area contributed by atoms with Crippen LogP contribution in [-0.2, 0) is 14.3 Å². The van der Waals surface area contributed by atoms with E-state index in [0.717, 1.165) is 31.6 Å². The van der Waals surface area contributed by atoms with Gasteiger partial charge < -0.3 is 14.4 Å². The van der Waals surface area contributed by atoms with Crippen LogP contribution in [0.1, 0.15) is 38.5 Å². The van der Waals surface area contributed by atoms with Crippen LogP contribution in [0.25, 0.3) is 0 Å². The number of rotatable bonds is 1. The second-order valence-electron chi connectivity index (χ2n) is 6.09. The maximum Gasteiger partial charge on any atom is 0.311 e. The van der Waals surface area contributed by atoms with Gasteiger partial charge in [-0.15, -0.1) is 0 Å².